The lowest BCUT2D eigenvalue weighted by Gasteiger charge is -2.09. The minimum Gasteiger partial charge on any atom is -0.337 e. The molecule has 0 unspecified atom stereocenters. The number of halogens is 1. The lowest BCUT2D eigenvalue weighted by atomic mass is 10.2. The van der Waals surface area contributed by atoms with Crippen LogP contribution in [0, 0.1) is 6.92 Å². The van der Waals surface area contributed by atoms with Crippen LogP contribution < -0.4 is 10.6 Å². The Morgan fingerprint density at radius 1 is 1.16 bits per heavy atom. The second kappa shape index (κ2) is 7.98. The number of amides is 2. The topological polar surface area (TPSA) is 59.0 Å². The zero-order valence-electron chi connectivity index (χ0n) is 13.9. The van der Waals surface area contributed by atoms with E-state index in [1.54, 1.807) is 0 Å². The molecule has 6 heteroatoms. The molecular weight excluding hydrogens is 380 g/mol. The molecule has 25 heavy (non-hydrogen) atoms. The second-order valence-electron chi connectivity index (χ2n) is 5.70. The van der Waals surface area contributed by atoms with Gasteiger partial charge in [-0.15, -0.1) is 0 Å². The molecule has 0 aliphatic heterocycles. The summed E-state index contributed by atoms with van der Waals surface area (Å²) in [6.07, 6.45) is 2.59. The third-order valence-electron chi connectivity index (χ3n) is 3.70. The fraction of sp³-hybridized carbons (Fsp3) is 0.158. The normalized spacial score (nSPS) is 10.5. The first kappa shape index (κ1) is 17.2. The van der Waals surface area contributed by atoms with Crippen molar-refractivity contribution in [1.29, 1.82) is 0 Å². The van der Waals surface area contributed by atoms with Gasteiger partial charge in [-0.3, -0.25) is 0 Å². The van der Waals surface area contributed by atoms with Crippen LogP contribution >= 0.6 is 15.9 Å². The summed E-state index contributed by atoms with van der Waals surface area (Å²) in [4.78, 5) is 12.0. The van der Waals surface area contributed by atoms with Gasteiger partial charge in [-0.25, -0.2) is 9.48 Å². The van der Waals surface area contributed by atoms with Crippen LogP contribution in [0.5, 0.6) is 0 Å². The molecule has 2 N–H and O–H groups in total. The predicted molar refractivity (Wildman–Crippen MR) is 103 cm³/mol. The molecule has 0 saturated heterocycles. The van der Waals surface area contributed by atoms with Gasteiger partial charge in [0, 0.05) is 23.6 Å². The van der Waals surface area contributed by atoms with Crippen molar-refractivity contribution < 1.29 is 4.79 Å². The average Bonchev–Trinajstić information content (AvgIpc) is 3.07. The van der Waals surface area contributed by atoms with Crippen LogP contribution in [-0.2, 0) is 6.42 Å². The van der Waals surface area contributed by atoms with Gasteiger partial charge in [0.1, 0.15) is 0 Å². The van der Waals surface area contributed by atoms with Crippen molar-refractivity contribution in [3.05, 3.63) is 76.5 Å². The smallest absolute Gasteiger partial charge is 0.319 e. The largest absolute Gasteiger partial charge is 0.337 e. The molecule has 0 bridgehead atoms. The van der Waals surface area contributed by atoms with E-state index in [1.807, 2.05) is 72.4 Å². The van der Waals surface area contributed by atoms with Crippen molar-refractivity contribution in [3.8, 4) is 5.69 Å². The monoisotopic (exact) mass is 398 g/mol. The van der Waals surface area contributed by atoms with E-state index in [-0.39, 0.29) is 6.03 Å². The van der Waals surface area contributed by atoms with Gasteiger partial charge in [0.15, 0.2) is 0 Å². The van der Waals surface area contributed by atoms with Gasteiger partial charge in [0.05, 0.1) is 17.1 Å². The molecule has 0 fully saturated rings. The third kappa shape index (κ3) is 4.70. The number of hydrogen-bond acceptors (Lipinski definition) is 2. The van der Waals surface area contributed by atoms with Crippen LogP contribution in [0.25, 0.3) is 5.69 Å². The van der Waals surface area contributed by atoms with Gasteiger partial charge < -0.3 is 10.6 Å². The second-order valence-corrected chi connectivity index (χ2v) is 6.56. The summed E-state index contributed by atoms with van der Waals surface area (Å²) in [5, 5.41) is 10.2. The number of rotatable bonds is 5. The number of nitrogens with one attached hydrogen (secondary N) is 2. The third-order valence-corrected chi connectivity index (χ3v) is 4.36. The molecule has 0 aliphatic rings. The fourth-order valence-electron chi connectivity index (χ4n) is 2.41. The minimum absolute atomic E-state index is 0.230. The van der Waals surface area contributed by atoms with Gasteiger partial charge >= 0.3 is 6.03 Å². The zero-order valence-corrected chi connectivity index (χ0v) is 15.5. The van der Waals surface area contributed by atoms with E-state index in [0.717, 1.165) is 27.1 Å². The summed E-state index contributed by atoms with van der Waals surface area (Å²) >= 11 is 3.45. The maximum Gasteiger partial charge on any atom is 0.319 e. The number of urea groups is 1. The van der Waals surface area contributed by atoms with Crippen LogP contribution in [0.2, 0.25) is 0 Å². The van der Waals surface area contributed by atoms with E-state index < -0.39 is 0 Å². The molecule has 0 atom stereocenters. The Labute approximate surface area is 155 Å². The van der Waals surface area contributed by atoms with Crippen molar-refractivity contribution in [1.82, 2.24) is 15.1 Å². The van der Waals surface area contributed by atoms with E-state index >= 15 is 0 Å². The molecule has 2 aromatic carbocycles. The molecule has 0 spiro atoms. The van der Waals surface area contributed by atoms with E-state index in [1.165, 1.54) is 0 Å². The van der Waals surface area contributed by atoms with Crippen molar-refractivity contribution in [3.63, 3.8) is 0 Å². The van der Waals surface area contributed by atoms with Gasteiger partial charge in [-0.1, -0.05) is 24.3 Å². The standard InChI is InChI=1S/C19H19BrN4O/c1-14-7-8-18(17(20)13-14)22-19(25)21-11-9-15-10-12-24(23-15)16-5-3-2-4-6-16/h2-8,10,12-13H,9,11H2,1H3,(H2,21,22,25). The Kier molecular flexibility index (Phi) is 5.50. The van der Waals surface area contributed by atoms with Crippen molar-refractivity contribution in [2.24, 2.45) is 0 Å². The lowest BCUT2D eigenvalue weighted by Crippen LogP contribution is -2.30. The first-order valence-electron chi connectivity index (χ1n) is 8.03. The molecule has 1 heterocycles. The highest BCUT2D eigenvalue weighted by Crippen LogP contribution is 2.23. The number of aryl methyl sites for hydroxylation is 1. The number of hydrogen-bond donors (Lipinski definition) is 2. The Morgan fingerprint density at radius 2 is 1.96 bits per heavy atom. The summed E-state index contributed by atoms with van der Waals surface area (Å²) in [6, 6.07) is 17.5. The van der Waals surface area contributed by atoms with E-state index in [4.69, 9.17) is 0 Å². The van der Waals surface area contributed by atoms with Crippen LogP contribution in [0.15, 0.2) is 65.3 Å². The molecular formula is C19H19BrN4O. The SMILES string of the molecule is Cc1ccc(NC(=O)NCCc2ccn(-c3ccccc3)n2)c(Br)c1. The van der Waals surface area contributed by atoms with Crippen LogP contribution in [0.4, 0.5) is 10.5 Å². The number of benzene rings is 2. The number of aromatic nitrogens is 2. The summed E-state index contributed by atoms with van der Waals surface area (Å²) < 4.78 is 2.70. The molecule has 0 saturated carbocycles. The zero-order chi connectivity index (χ0) is 17.6. The lowest BCUT2D eigenvalue weighted by molar-refractivity contribution is 0.252. The molecule has 0 radical (unpaired) electrons. The highest BCUT2D eigenvalue weighted by Gasteiger charge is 2.06. The Hall–Kier alpha value is -2.60. The number of anilines is 1. The van der Waals surface area contributed by atoms with Gasteiger partial charge in [0.25, 0.3) is 0 Å². The molecule has 3 rings (SSSR count). The number of carbonyl (C=O) groups is 1. The van der Waals surface area contributed by atoms with Gasteiger partial charge in [-0.2, -0.15) is 5.10 Å². The predicted octanol–water partition coefficient (Wildman–Crippen LogP) is 4.31. The number of nitrogens with zero attached hydrogens (tertiary/aromatic N) is 2. The maximum atomic E-state index is 12.0. The van der Waals surface area contributed by atoms with Gasteiger partial charge in [-0.05, 0) is 58.7 Å². The Bertz CT molecular complexity index is 861. The average molecular weight is 399 g/mol. The summed E-state index contributed by atoms with van der Waals surface area (Å²) in [7, 11) is 0. The Balaban J connectivity index is 1.49. The highest BCUT2D eigenvalue weighted by atomic mass is 79.9. The number of carbonyl (C=O) groups excluding carboxylic acids is 1. The first-order valence-corrected chi connectivity index (χ1v) is 8.82. The molecule has 0 aliphatic carbocycles. The van der Waals surface area contributed by atoms with Crippen LogP contribution in [-0.4, -0.2) is 22.4 Å². The van der Waals surface area contributed by atoms with Gasteiger partial charge in [0.2, 0.25) is 0 Å². The van der Waals surface area contributed by atoms with Crippen molar-refractivity contribution >= 4 is 27.6 Å². The minimum atomic E-state index is -0.230. The molecule has 128 valence electrons. The van der Waals surface area contributed by atoms with E-state index in [9.17, 15) is 4.79 Å². The van der Waals surface area contributed by atoms with Crippen molar-refractivity contribution in [2.45, 2.75) is 13.3 Å². The molecule has 5 nitrogen and oxygen atoms in total. The fourth-order valence-corrected chi connectivity index (χ4v) is 3.00. The summed E-state index contributed by atoms with van der Waals surface area (Å²) in [6.45, 7) is 2.52. The number of para-hydroxylation sites is 1. The summed E-state index contributed by atoms with van der Waals surface area (Å²) in [5.74, 6) is 0. The quantitative estimate of drug-likeness (QED) is 0.672. The van der Waals surface area contributed by atoms with Crippen LogP contribution in [0.1, 0.15) is 11.3 Å². The Morgan fingerprint density at radius 3 is 2.72 bits per heavy atom. The van der Waals surface area contributed by atoms with Crippen molar-refractivity contribution in [2.75, 3.05) is 11.9 Å². The van der Waals surface area contributed by atoms with Crippen LogP contribution in [0.3, 0.4) is 0 Å². The molecule has 3 aromatic rings. The van der Waals surface area contributed by atoms with E-state index in [0.29, 0.717) is 13.0 Å². The van der Waals surface area contributed by atoms with E-state index in [2.05, 4.69) is 31.7 Å². The maximum absolute atomic E-state index is 12.0. The summed E-state index contributed by atoms with van der Waals surface area (Å²) in [5.41, 5.74) is 3.83. The first-order chi connectivity index (χ1) is 12.1. The molecule has 1 aromatic heterocycles. The molecule has 2 amide bonds. The highest BCUT2D eigenvalue weighted by molar-refractivity contribution is 9.10.